The number of rotatable bonds is 1. The molecule has 1 saturated heterocycles. The molecule has 0 spiro atoms. The van der Waals surface area contributed by atoms with E-state index in [4.69, 9.17) is 16.3 Å². The molecule has 6 heteroatoms. The summed E-state index contributed by atoms with van der Waals surface area (Å²) in [6.07, 6.45) is 0. The van der Waals surface area contributed by atoms with Gasteiger partial charge in [0.25, 0.3) is 0 Å². The van der Waals surface area contributed by atoms with Gasteiger partial charge in [0, 0.05) is 17.1 Å². The minimum atomic E-state index is -0.837. The maximum absolute atomic E-state index is 12.3. The molecule has 2 aromatic rings. The molecule has 1 aromatic heterocycles. The van der Waals surface area contributed by atoms with Gasteiger partial charge in [-0.05, 0) is 29.6 Å². The molecule has 20 heavy (non-hydrogen) atoms. The fraction of sp³-hybridized carbons (Fsp3) is 0.214. The Hall–Kier alpha value is -1.56. The molecule has 1 unspecified atom stereocenters. The summed E-state index contributed by atoms with van der Waals surface area (Å²) in [5.74, 6) is 0. The van der Waals surface area contributed by atoms with E-state index in [-0.39, 0.29) is 6.03 Å². The summed E-state index contributed by atoms with van der Waals surface area (Å²) in [7, 11) is 0. The molecule has 1 atom stereocenters. The number of halogens is 1. The fourth-order valence-corrected chi connectivity index (χ4v) is 3.96. The quantitative estimate of drug-likeness (QED) is 0.876. The lowest BCUT2D eigenvalue weighted by molar-refractivity contribution is -0.0295. The molecule has 102 valence electrons. The van der Waals surface area contributed by atoms with Gasteiger partial charge in [0.1, 0.15) is 0 Å². The Morgan fingerprint density at radius 2 is 2.30 bits per heavy atom. The molecule has 2 aliphatic rings. The van der Waals surface area contributed by atoms with Crippen molar-refractivity contribution < 1.29 is 9.53 Å². The van der Waals surface area contributed by atoms with E-state index >= 15 is 0 Å². The first-order valence-electron chi connectivity index (χ1n) is 6.28. The molecule has 1 aromatic carbocycles. The standard InChI is InChI=1S/C14H11ClN2O2S/c15-9-3-4-11-10(8-9)14(12-2-1-7-20-12)17(5-6-19-14)13(18)16-11/h1-4,7-8H,5-6H2,(H,16,18). The molecular formula is C14H11ClN2O2S. The highest BCUT2D eigenvalue weighted by Gasteiger charge is 2.53. The zero-order valence-corrected chi connectivity index (χ0v) is 12.0. The summed E-state index contributed by atoms with van der Waals surface area (Å²) in [6.45, 7) is 1.08. The van der Waals surface area contributed by atoms with Gasteiger partial charge in [-0.25, -0.2) is 4.79 Å². The van der Waals surface area contributed by atoms with Crippen LogP contribution in [0.1, 0.15) is 10.4 Å². The Morgan fingerprint density at radius 3 is 3.10 bits per heavy atom. The number of nitrogens with one attached hydrogen (secondary N) is 1. The van der Waals surface area contributed by atoms with Gasteiger partial charge in [0.05, 0.1) is 17.2 Å². The molecule has 3 heterocycles. The Balaban J connectivity index is 2.03. The number of carbonyl (C=O) groups is 1. The van der Waals surface area contributed by atoms with Crippen molar-refractivity contribution in [2.45, 2.75) is 5.72 Å². The molecular weight excluding hydrogens is 296 g/mol. The van der Waals surface area contributed by atoms with Crippen molar-refractivity contribution in [2.75, 3.05) is 18.5 Å². The lowest BCUT2D eigenvalue weighted by Gasteiger charge is -2.41. The summed E-state index contributed by atoms with van der Waals surface area (Å²) in [6, 6.07) is 9.29. The monoisotopic (exact) mass is 306 g/mol. The van der Waals surface area contributed by atoms with E-state index in [1.165, 1.54) is 0 Å². The number of nitrogens with zero attached hydrogens (tertiary/aromatic N) is 1. The second-order valence-electron chi connectivity index (χ2n) is 4.74. The number of urea groups is 1. The molecule has 1 fully saturated rings. The average molecular weight is 307 g/mol. The van der Waals surface area contributed by atoms with Gasteiger partial charge in [-0.3, -0.25) is 4.90 Å². The number of hydrogen-bond acceptors (Lipinski definition) is 3. The number of anilines is 1. The second-order valence-corrected chi connectivity index (χ2v) is 6.13. The topological polar surface area (TPSA) is 41.6 Å². The van der Waals surface area contributed by atoms with Crippen LogP contribution < -0.4 is 5.32 Å². The maximum Gasteiger partial charge on any atom is 0.324 e. The van der Waals surface area contributed by atoms with Crippen LogP contribution in [0.3, 0.4) is 0 Å². The molecule has 1 N–H and O–H groups in total. The summed E-state index contributed by atoms with van der Waals surface area (Å²) in [4.78, 5) is 15.1. The van der Waals surface area contributed by atoms with Crippen LogP contribution in [-0.2, 0) is 10.5 Å². The van der Waals surface area contributed by atoms with Gasteiger partial charge in [0.15, 0.2) is 0 Å². The van der Waals surface area contributed by atoms with Gasteiger partial charge in [-0.2, -0.15) is 0 Å². The fourth-order valence-electron chi connectivity index (χ4n) is 2.88. The van der Waals surface area contributed by atoms with E-state index in [9.17, 15) is 4.79 Å². The third-order valence-corrected chi connectivity index (χ3v) is 4.89. The van der Waals surface area contributed by atoms with Crippen LogP contribution in [0.15, 0.2) is 35.7 Å². The van der Waals surface area contributed by atoms with Crippen molar-refractivity contribution in [1.29, 1.82) is 0 Å². The predicted octanol–water partition coefficient (Wildman–Crippen LogP) is 3.48. The van der Waals surface area contributed by atoms with E-state index in [1.807, 2.05) is 29.6 Å². The number of fused-ring (bicyclic) bond motifs is 3. The van der Waals surface area contributed by atoms with Gasteiger partial charge < -0.3 is 10.1 Å². The smallest absolute Gasteiger partial charge is 0.324 e. The molecule has 2 aliphatic heterocycles. The van der Waals surface area contributed by atoms with Gasteiger partial charge in [-0.1, -0.05) is 17.7 Å². The number of ether oxygens (including phenoxy) is 1. The summed E-state index contributed by atoms with van der Waals surface area (Å²) in [5.41, 5.74) is 0.812. The van der Waals surface area contributed by atoms with Crippen molar-refractivity contribution >= 4 is 34.7 Å². The molecule has 0 saturated carbocycles. The highest BCUT2D eigenvalue weighted by atomic mass is 35.5. The number of hydrogen-bond donors (Lipinski definition) is 1. The van der Waals surface area contributed by atoms with Crippen molar-refractivity contribution in [3.63, 3.8) is 0 Å². The Kier molecular flexibility index (Phi) is 2.57. The molecule has 0 aliphatic carbocycles. The number of carbonyl (C=O) groups excluding carboxylic acids is 1. The lowest BCUT2D eigenvalue weighted by Crippen LogP contribution is -2.52. The molecule has 4 nitrogen and oxygen atoms in total. The Morgan fingerprint density at radius 1 is 1.40 bits per heavy atom. The number of thiophene rings is 1. The van der Waals surface area contributed by atoms with E-state index in [0.717, 1.165) is 16.1 Å². The van der Waals surface area contributed by atoms with Crippen molar-refractivity contribution in [2.24, 2.45) is 0 Å². The van der Waals surface area contributed by atoms with Crippen LogP contribution in [0.4, 0.5) is 10.5 Å². The second kappa shape index (κ2) is 4.22. The van der Waals surface area contributed by atoms with Crippen LogP contribution >= 0.6 is 22.9 Å². The van der Waals surface area contributed by atoms with Crippen LogP contribution in [-0.4, -0.2) is 24.1 Å². The zero-order chi connectivity index (χ0) is 13.7. The lowest BCUT2D eigenvalue weighted by atomic mass is 9.95. The van der Waals surface area contributed by atoms with Gasteiger partial charge >= 0.3 is 6.03 Å². The first kappa shape index (κ1) is 12.2. The minimum absolute atomic E-state index is 0.134. The van der Waals surface area contributed by atoms with Crippen molar-refractivity contribution in [3.05, 3.63) is 51.2 Å². The highest BCUT2D eigenvalue weighted by Crippen LogP contribution is 2.48. The largest absolute Gasteiger partial charge is 0.344 e. The first-order chi connectivity index (χ1) is 9.72. The summed E-state index contributed by atoms with van der Waals surface area (Å²) >= 11 is 7.72. The van der Waals surface area contributed by atoms with Crippen LogP contribution in [0.5, 0.6) is 0 Å². The van der Waals surface area contributed by atoms with Crippen LogP contribution in [0.2, 0.25) is 5.02 Å². The van der Waals surface area contributed by atoms with Gasteiger partial charge in [0.2, 0.25) is 5.72 Å². The molecule has 2 amide bonds. The summed E-state index contributed by atoms with van der Waals surface area (Å²) in [5, 5.41) is 5.52. The molecule has 4 rings (SSSR count). The normalized spacial score (nSPS) is 24.2. The van der Waals surface area contributed by atoms with Crippen LogP contribution in [0, 0.1) is 0 Å². The third kappa shape index (κ3) is 1.48. The number of benzene rings is 1. The Bertz CT molecular complexity index is 688. The highest BCUT2D eigenvalue weighted by molar-refractivity contribution is 7.10. The zero-order valence-electron chi connectivity index (χ0n) is 10.4. The first-order valence-corrected chi connectivity index (χ1v) is 7.54. The van der Waals surface area contributed by atoms with Crippen molar-refractivity contribution in [3.8, 4) is 0 Å². The van der Waals surface area contributed by atoms with Crippen molar-refractivity contribution in [1.82, 2.24) is 4.90 Å². The predicted molar refractivity (Wildman–Crippen MR) is 78.2 cm³/mol. The van der Waals surface area contributed by atoms with Crippen LogP contribution in [0.25, 0.3) is 0 Å². The van der Waals surface area contributed by atoms with E-state index < -0.39 is 5.72 Å². The van der Waals surface area contributed by atoms with E-state index in [0.29, 0.717) is 18.2 Å². The average Bonchev–Trinajstić information content (AvgIpc) is 3.09. The third-order valence-electron chi connectivity index (χ3n) is 3.69. The van der Waals surface area contributed by atoms with Gasteiger partial charge in [-0.15, -0.1) is 11.3 Å². The van der Waals surface area contributed by atoms with E-state index in [2.05, 4.69) is 5.32 Å². The Labute approximate surface area is 124 Å². The van der Waals surface area contributed by atoms with E-state index in [1.54, 1.807) is 22.3 Å². The maximum atomic E-state index is 12.3. The minimum Gasteiger partial charge on any atom is -0.344 e. The summed E-state index contributed by atoms with van der Waals surface area (Å²) < 4.78 is 6.06. The molecule has 0 bridgehead atoms. The number of amides is 2. The molecule has 0 radical (unpaired) electrons. The SMILES string of the molecule is O=C1Nc2ccc(Cl)cc2C2(c3cccs3)OCCN12.